The number of nitrogens with zero attached hydrogens (tertiary/aromatic N) is 4. The minimum atomic E-state index is 0.0374. The lowest BCUT2D eigenvalue weighted by atomic mass is 9.92. The summed E-state index contributed by atoms with van der Waals surface area (Å²) in [6.07, 6.45) is 3.65. The second-order valence-electron chi connectivity index (χ2n) is 5.57. The molecule has 0 aliphatic rings. The Morgan fingerprint density at radius 1 is 1.39 bits per heavy atom. The Morgan fingerprint density at radius 3 is 2.72 bits per heavy atom. The average molecular weight is 247 g/mol. The molecule has 0 bridgehead atoms. The number of fused-ring (bicyclic) bond motifs is 1. The molecule has 18 heavy (non-hydrogen) atoms. The monoisotopic (exact) mass is 247 g/mol. The van der Waals surface area contributed by atoms with E-state index in [1.807, 2.05) is 17.8 Å². The normalized spacial score (nSPS) is 12.1. The standard InChI is InChI=1S/C13H21N5/c1-13(2,3)11-9-10-12(17(4)7-5-14)15-6-8-18(10)16-11/h6,8-9H,5,7,14H2,1-4H3. The maximum Gasteiger partial charge on any atom is 0.154 e. The molecule has 0 radical (unpaired) electrons. The fourth-order valence-electron chi connectivity index (χ4n) is 1.87. The van der Waals surface area contributed by atoms with Crippen LogP contribution >= 0.6 is 0 Å². The van der Waals surface area contributed by atoms with Crippen LogP contribution in [-0.2, 0) is 5.41 Å². The Labute approximate surface area is 108 Å². The summed E-state index contributed by atoms with van der Waals surface area (Å²) < 4.78 is 1.88. The number of anilines is 1. The highest BCUT2D eigenvalue weighted by Gasteiger charge is 2.19. The van der Waals surface area contributed by atoms with Gasteiger partial charge in [0, 0.05) is 37.9 Å². The maximum atomic E-state index is 5.59. The van der Waals surface area contributed by atoms with Gasteiger partial charge in [0.2, 0.25) is 0 Å². The van der Waals surface area contributed by atoms with Crippen molar-refractivity contribution in [3.63, 3.8) is 0 Å². The van der Waals surface area contributed by atoms with Crippen LogP contribution in [0.5, 0.6) is 0 Å². The first-order valence-corrected chi connectivity index (χ1v) is 6.19. The number of aromatic nitrogens is 3. The maximum absolute atomic E-state index is 5.59. The third-order valence-corrected chi connectivity index (χ3v) is 2.96. The lowest BCUT2D eigenvalue weighted by Gasteiger charge is -2.17. The average Bonchev–Trinajstić information content (AvgIpc) is 2.72. The lowest BCUT2D eigenvalue weighted by Crippen LogP contribution is -2.26. The Bertz CT molecular complexity index is 538. The fourth-order valence-corrected chi connectivity index (χ4v) is 1.87. The predicted octanol–water partition coefficient (Wildman–Crippen LogP) is 1.42. The van der Waals surface area contributed by atoms with Gasteiger partial charge in [0.25, 0.3) is 0 Å². The van der Waals surface area contributed by atoms with Crippen molar-refractivity contribution in [1.29, 1.82) is 0 Å². The molecule has 5 nitrogen and oxygen atoms in total. The number of hydrogen-bond acceptors (Lipinski definition) is 4. The van der Waals surface area contributed by atoms with E-state index in [1.165, 1.54) is 0 Å². The van der Waals surface area contributed by atoms with Crippen LogP contribution in [0.1, 0.15) is 26.5 Å². The van der Waals surface area contributed by atoms with E-state index in [-0.39, 0.29) is 5.41 Å². The first-order chi connectivity index (χ1) is 8.43. The van der Waals surface area contributed by atoms with Crippen LogP contribution in [0.3, 0.4) is 0 Å². The van der Waals surface area contributed by atoms with Crippen LogP contribution in [0.2, 0.25) is 0 Å². The van der Waals surface area contributed by atoms with Crippen molar-refractivity contribution in [3.05, 3.63) is 24.2 Å². The van der Waals surface area contributed by atoms with Gasteiger partial charge in [-0.3, -0.25) is 0 Å². The van der Waals surface area contributed by atoms with Gasteiger partial charge in [-0.1, -0.05) is 20.8 Å². The minimum Gasteiger partial charge on any atom is -0.357 e. The van der Waals surface area contributed by atoms with Crippen molar-refractivity contribution in [2.24, 2.45) is 5.73 Å². The third-order valence-electron chi connectivity index (χ3n) is 2.96. The van der Waals surface area contributed by atoms with Gasteiger partial charge in [0.15, 0.2) is 5.82 Å². The zero-order valence-corrected chi connectivity index (χ0v) is 11.5. The van der Waals surface area contributed by atoms with Crippen LogP contribution in [0.25, 0.3) is 5.52 Å². The molecule has 98 valence electrons. The Kier molecular flexibility index (Phi) is 3.26. The summed E-state index contributed by atoms with van der Waals surface area (Å²) in [7, 11) is 2.00. The van der Waals surface area contributed by atoms with Crippen LogP contribution in [0, 0.1) is 0 Å². The Morgan fingerprint density at radius 2 is 2.11 bits per heavy atom. The van der Waals surface area contributed by atoms with Crippen LogP contribution < -0.4 is 10.6 Å². The van der Waals surface area contributed by atoms with Crippen LogP contribution in [0.15, 0.2) is 18.5 Å². The molecule has 0 aliphatic carbocycles. The third kappa shape index (κ3) is 2.31. The van der Waals surface area contributed by atoms with E-state index in [0.29, 0.717) is 6.54 Å². The van der Waals surface area contributed by atoms with Gasteiger partial charge in [-0.05, 0) is 6.07 Å². The number of likely N-dealkylation sites (N-methyl/N-ethyl adjacent to an activating group) is 1. The summed E-state index contributed by atoms with van der Waals surface area (Å²) in [5.41, 5.74) is 7.72. The van der Waals surface area contributed by atoms with Crippen molar-refractivity contribution >= 4 is 11.3 Å². The molecule has 5 heteroatoms. The molecule has 0 aromatic carbocycles. The zero-order chi connectivity index (χ0) is 13.3. The highest BCUT2D eigenvalue weighted by Crippen LogP contribution is 2.25. The topological polar surface area (TPSA) is 59.5 Å². The summed E-state index contributed by atoms with van der Waals surface area (Å²) in [5, 5.41) is 4.61. The molecule has 0 fully saturated rings. The molecule has 0 unspecified atom stereocenters. The van der Waals surface area contributed by atoms with Gasteiger partial charge in [-0.15, -0.1) is 0 Å². The van der Waals surface area contributed by atoms with Crippen LogP contribution in [0.4, 0.5) is 5.82 Å². The SMILES string of the molecule is CN(CCN)c1nccn2nc(C(C)(C)C)cc12. The fraction of sp³-hybridized carbons (Fsp3) is 0.538. The summed E-state index contributed by atoms with van der Waals surface area (Å²) in [6, 6.07) is 2.11. The van der Waals surface area contributed by atoms with Gasteiger partial charge in [0.1, 0.15) is 5.52 Å². The van der Waals surface area contributed by atoms with Gasteiger partial charge in [0.05, 0.1) is 5.69 Å². The number of rotatable bonds is 3. The quantitative estimate of drug-likeness (QED) is 0.891. The molecule has 0 atom stereocenters. The summed E-state index contributed by atoms with van der Waals surface area (Å²) in [5.74, 6) is 0.922. The largest absolute Gasteiger partial charge is 0.357 e. The molecule has 0 aliphatic heterocycles. The number of nitrogens with two attached hydrogens (primary N) is 1. The van der Waals surface area contributed by atoms with Crippen molar-refractivity contribution < 1.29 is 0 Å². The van der Waals surface area contributed by atoms with Gasteiger partial charge >= 0.3 is 0 Å². The molecular weight excluding hydrogens is 226 g/mol. The summed E-state index contributed by atoms with van der Waals surface area (Å²) >= 11 is 0. The first kappa shape index (κ1) is 12.8. The van der Waals surface area contributed by atoms with Crippen molar-refractivity contribution in [2.45, 2.75) is 26.2 Å². The molecular formula is C13H21N5. The molecule has 0 spiro atoms. The molecule has 0 saturated carbocycles. The summed E-state index contributed by atoms with van der Waals surface area (Å²) in [6.45, 7) is 7.87. The molecule has 2 aromatic rings. The van der Waals surface area contributed by atoms with E-state index in [4.69, 9.17) is 5.73 Å². The van der Waals surface area contributed by atoms with Crippen molar-refractivity contribution in [3.8, 4) is 0 Å². The van der Waals surface area contributed by atoms with E-state index in [0.717, 1.165) is 23.6 Å². The molecule has 2 aromatic heterocycles. The van der Waals surface area contributed by atoms with E-state index in [9.17, 15) is 0 Å². The highest BCUT2D eigenvalue weighted by molar-refractivity contribution is 5.69. The Hall–Kier alpha value is -1.62. The van der Waals surface area contributed by atoms with E-state index in [2.05, 4.69) is 41.8 Å². The molecule has 0 saturated heterocycles. The second-order valence-corrected chi connectivity index (χ2v) is 5.57. The smallest absolute Gasteiger partial charge is 0.154 e. The molecule has 2 heterocycles. The minimum absolute atomic E-state index is 0.0374. The van der Waals surface area contributed by atoms with E-state index in [1.54, 1.807) is 6.20 Å². The van der Waals surface area contributed by atoms with Gasteiger partial charge in [-0.25, -0.2) is 9.50 Å². The Balaban J connectivity index is 2.52. The highest BCUT2D eigenvalue weighted by atomic mass is 15.3. The summed E-state index contributed by atoms with van der Waals surface area (Å²) in [4.78, 5) is 6.49. The van der Waals surface area contributed by atoms with Crippen LogP contribution in [-0.4, -0.2) is 34.7 Å². The molecule has 2 rings (SSSR count). The van der Waals surface area contributed by atoms with E-state index < -0.39 is 0 Å². The second kappa shape index (κ2) is 4.57. The first-order valence-electron chi connectivity index (χ1n) is 6.19. The molecule has 0 amide bonds. The molecule has 2 N–H and O–H groups in total. The van der Waals surface area contributed by atoms with E-state index >= 15 is 0 Å². The van der Waals surface area contributed by atoms with Gasteiger partial charge in [-0.2, -0.15) is 5.10 Å². The van der Waals surface area contributed by atoms with Crippen molar-refractivity contribution in [2.75, 3.05) is 25.0 Å². The zero-order valence-electron chi connectivity index (χ0n) is 11.5. The predicted molar refractivity (Wildman–Crippen MR) is 74.0 cm³/mol. The lowest BCUT2D eigenvalue weighted by molar-refractivity contribution is 0.562. The van der Waals surface area contributed by atoms with Gasteiger partial charge < -0.3 is 10.6 Å². The number of hydrogen-bond donors (Lipinski definition) is 1. The van der Waals surface area contributed by atoms with Crippen molar-refractivity contribution in [1.82, 2.24) is 14.6 Å².